The molecule has 0 aliphatic heterocycles. The van der Waals surface area contributed by atoms with Crippen LogP contribution in [0, 0.1) is 0 Å². The van der Waals surface area contributed by atoms with Crippen LogP contribution < -0.4 is 15.2 Å². The highest BCUT2D eigenvalue weighted by molar-refractivity contribution is 7.99. The number of ether oxygens (including phenoxy) is 2. The summed E-state index contributed by atoms with van der Waals surface area (Å²) in [7, 11) is 3.33. The van der Waals surface area contributed by atoms with Crippen LogP contribution in [-0.2, 0) is 0 Å². The van der Waals surface area contributed by atoms with E-state index in [1.807, 2.05) is 19.1 Å². The Balaban J connectivity index is 3.22. The second kappa shape index (κ2) is 6.01. The van der Waals surface area contributed by atoms with E-state index in [0.717, 1.165) is 27.7 Å². The van der Waals surface area contributed by atoms with E-state index in [4.69, 9.17) is 15.2 Å². The number of benzene rings is 1. The first kappa shape index (κ1) is 13.2. The topological polar surface area (TPSA) is 44.5 Å². The van der Waals surface area contributed by atoms with Crippen LogP contribution in [0.1, 0.15) is 25.5 Å². The highest BCUT2D eigenvalue weighted by Gasteiger charge is 2.13. The van der Waals surface area contributed by atoms with E-state index in [1.165, 1.54) is 0 Å². The lowest BCUT2D eigenvalue weighted by atomic mass is 10.1. The summed E-state index contributed by atoms with van der Waals surface area (Å²) in [6, 6.07) is 3.89. The van der Waals surface area contributed by atoms with Crippen LogP contribution in [-0.4, -0.2) is 20.0 Å². The average Bonchev–Trinajstić information content (AvgIpc) is 2.28. The van der Waals surface area contributed by atoms with Gasteiger partial charge in [-0.05, 0) is 24.8 Å². The Bertz CT molecular complexity index is 353. The molecule has 0 unspecified atom stereocenters. The van der Waals surface area contributed by atoms with Gasteiger partial charge in [-0.2, -0.15) is 0 Å². The van der Waals surface area contributed by atoms with Gasteiger partial charge in [0, 0.05) is 11.6 Å². The van der Waals surface area contributed by atoms with Crippen LogP contribution in [0.3, 0.4) is 0 Å². The molecule has 1 rings (SSSR count). The van der Waals surface area contributed by atoms with Crippen molar-refractivity contribution in [1.82, 2.24) is 0 Å². The lowest BCUT2D eigenvalue weighted by molar-refractivity contribution is 0.388. The van der Waals surface area contributed by atoms with Crippen LogP contribution in [0.4, 0.5) is 0 Å². The molecule has 0 aliphatic carbocycles. The molecule has 1 aromatic carbocycles. The number of thioether (sulfide) groups is 1. The summed E-state index contributed by atoms with van der Waals surface area (Å²) in [4.78, 5) is 1.09. The Morgan fingerprint density at radius 2 is 1.88 bits per heavy atom. The Morgan fingerprint density at radius 1 is 1.25 bits per heavy atom. The molecule has 0 saturated heterocycles. The van der Waals surface area contributed by atoms with Gasteiger partial charge in [0.25, 0.3) is 0 Å². The third-order valence-electron chi connectivity index (χ3n) is 2.31. The maximum atomic E-state index is 5.90. The van der Waals surface area contributed by atoms with Gasteiger partial charge in [0.15, 0.2) is 0 Å². The molecule has 4 heteroatoms. The minimum Gasteiger partial charge on any atom is -0.496 e. The minimum absolute atomic E-state index is 0.0653. The van der Waals surface area contributed by atoms with Crippen LogP contribution in [0.5, 0.6) is 11.5 Å². The Morgan fingerprint density at radius 3 is 2.31 bits per heavy atom. The predicted octanol–water partition coefficient (Wildman–Crippen LogP) is 2.84. The first-order valence-electron chi connectivity index (χ1n) is 5.28. The second-order valence-corrected chi connectivity index (χ2v) is 4.77. The summed E-state index contributed by atoms with van der Waals surface area (Å²) in [5.41, 5.74) is 6.87. The number of nitrogens with two attached hydrogens (primary N) is 1. The zero-order valence-corrected chi connectivity index (χ0v) is 11.1. The molecule has 0 heterocycles. The molecule has 2 N–H and O–H groups in total. The van der Waals surface area contributed by atoms with Crippen LogP contribution in [0.15, 0.2) is 17.0 Å². The van der Waals surface area contributed by atoms with Gasteiger partial charge in [0.1, 0.15) is 11.5 Å². The van der Waals surface area contributed by atoms with E-state index < -0.39 is 0 Å². The molecule has 1 aromatic rings. The van der Waals surface area contributed by atoms with E-state index in [9.17, 15) is 0 Å². The van der Waals surface area contributed by atoms with Crippen molar-refractivity contribution in [2.24, 2.45) is 5.73 Å². The molecule has 1 atom stereocenters. The maximum absolute atomic E-state index is 5.90. The summed E-state index contributed by atoms with van der Waals surface area (Å²) in [5.74, 6) is 2.68. The molecule has 0 aliphatic rings. The SMILES string of the molecule is CCSc1cc(OC)c([C@@H](C)N)cc1OC. The smallest absolute Gasteiger partial charge is 0.133 e. The van der Waals surface area contributed by atoms with Crippen LogP contribution >= 0.6 is 11.8 Å². The lowest BCUT2D eigenvalue weighted by Crippen LogP contribution is -2.07. The Kier molecular flexibility index (Phi) is 4.96. The maximum Gasteiger partial charge on any atom is 0.133 e. The van der Waals surface area contributed by atoms with Gasteiger partial charge in [0.2, 0.25) is 0 Å². The third-order valence-corrected chi connectivity index (χ3v) is 3.23. The summed E-state index contributed by atoms with van der Waals surface area (Å²) in [6.45, 7) is 4.04. The normalized spacial score (nSPS) is 12.3. The Hall–Kier alpha value is -0.870. The number of hydrogen-bond donors (Lipinski definition) is 1. The molecular formula is C12H19NO2S. The number of hydrogen-bond acceptors (Lipinski definition) is 4. The minimum atomic E-state index is -0.0653. The van der Waals surface area contributed by atoms with Gasteiger partial charge >= 0.3 is 0 Å². The van der Waals surface area contributed by atoms with Gasteiger partial charge in [-0.1, -0.05) is 6.92 Å². The summed E-state index contributed by atoms with van der Waals surface area (Å²) < 4.78 is 10.7. The molecule has 0 radical (unpaired) electrons. The van der Waals surface area contributed by atoms with E-state index in [-0.39, 0.29) is 6.04 Å². The molecule has 0 aromatic heterocycles. The summed E-state index contributed by atoms with van der Waals surface area (Å²) >= 11 is 1.73. The second-order valence-electron chi connectivity index (χ2n) is 3.47. The van der Waals surface area contributed by atoms with Crippen molar-refractivity contribution >= 4 is 11.8 Å². The fourth-order valence-corrected chi connectivity index (χ4v) is 2.30. The van der Waals surface area contributed by atoms with Gasteiger partial charge in [-0.15, -0.1) is 11.8 Å². The first-order valence-corrected chi connectivity index (χ1v) is 6.26. The highest BCUT2D eigenvalue weighted by atomic mass is 32.2. The van der Waals surface area contributed by atoms with Gasteiger partial charge in [-0.25, -0.2) is 0 Å². The molecule has 3 nitrogen and oxygen atoms in total. The molecular weight excluding hydrogens is 222 g/mol. The number of rotatable bonds is 5. The summed E-state index contributed by atoms with van der Waals surface area (Å²) in [5, 5.41) is 0. The van der Waals surface area contributed by atoms with Crippen molar-refractivity contribution in [3.05, 3.63) is 17.7 Å². The fourth-order valence-electron chi connectivity index (χ4n) is 1.52. The van der Waals surface area contributed by atoms with E-state index in [1.54, 1.807) is 26.0 Å². The van der Waals surface area contributed by atoms with E-state index in [0.29, 0.717) is 0 Å². The summed E-state index contributed by atoms with van der Waals surface area (Å²) in [6.07, 6.45) is 0. The first-order chi connectivity index (χ1) is 7.63. The van der Waals surface area contributed by atoms with Crippen molar-refractivity contribution in [3.63, 3.8) is 0 Å². The van der Waals surface area contributed by atoms with Crippen molar-refractivity contribution in [3.8, 4) is 11.5 Å². The van der Waals surface area contributed by atoms with Crippen LogP contribution in [0.25, 0.3) is 0 Å². The van der Waals surface area contributed by atoms with Gasteiger partial charge in [0.05, 0.1) is 19.1 Å². The van der Waals surface area contributed by atoms with E-state index >= 15 is 0 Å². The highest BCUT2D eigenvalue weighted by Crippen LogP contribution is 2.37. The molecule has 0 amide bonds. The van der Waals surface area contributed by atoms with Crippen LogP contribution in [0.2, 0.25) is 0 Å². The van der Waals surface area contributed by atoms with Crippen molar-refractivity contribution in [2.45, 2.75) is 24.8 Å². The Labute approximate surface area is 101 Å². The fraction of sp³-hybridized carbons (Fsp3) is 0.500. The monoisotopic (exact) mass is 241 g/mol. The van der Waals surface area contributed by atoms with E-state index in [2.05, 4.69) is 6.92 Å². The van der Waals surface area contributed by atoms with Gasteiger partial charge < -0.3 is 15.2 Å². The average molecular weight is 241 g/mol. The molecule has 0 fully saturated rings. The van der Waals surface area contributed by atoms with Crippen molar-refractivity contribution in [2.75, 3.05) is 20.0 Å². The molecule has 0 spiro atoms. The predicted molar refractivity (Wildman–Crippen MR) is 68.5 cm³/mol. The lowest BCUT2D eigenvalue weighted by Gasteiger charge is -2.16. The quantitative estimate of drug-likeness (QED) is 0.805. The van der Waals surface area contributed by atoms with Crippen molar-refractivity contribution in [1.29, 1.82) is 0 Å². The molecule has 0 saturated carbocycles. The van der Waals surface area contributed by atoms with Gasteiger partial charge in [-0.3, -0.25) is 0 Å². The van der Waals surface area contributed by atoms with Crippen molar-refractivity contribution < 1.29 is 9.47 Å². The largest absolute Gasteiger partial charge is 0.496 e. The zero-order valence-electron chi connectivity index (χ0n) is 10.2. The third kappa shape index (κ3) is 2.83. The molecule has 90 valence electrons. The zero-order chi connectivity index (χ0) is 12.1. The standard InChI is InChI=1S/C12H19NO2S/c1-5-16-12-7-10(14-3)9(8(2)13)6-11(12)15-4/h6-8H,5,13H2,1-4H3/t8-/m1/s1. The molecule has 16 heavy (non-hydrogen) atoms. The number of methoxy groups -OCH3 is 2. The molecule has 0 bridgehead atoms.